The summed E-state index contributed by atoms with van der Waals surface area (Å²) < 4.78 is 10.5. The summed E-state index contributed by atoms with van der Waals surface area (Å²) >= 11 is 0. The SMILES string of the molecule is CCCNC(=O)CCc1cc2cc(OC)c(OC)cc2[nH]c1=O. The number of aromatic nitrogens is 1. The fourth-order valence-electron chi connectivity index (χ4n) is 2.36. The molecule has 0 unspecified atom stereocenters. The average molecular weight is 318 g/mol. The maximum Gasteiger partial charge on any atom is 0.251 e. The predicted molar refractivity (Wildman–Crippen MR) is 89.3 cm³/mol. The number of amides is 1. The van der Waals surface area contributed by atoms with E-state index in [1.807, 2.05) is 13.0 Å². The summed E-state index contributed by atoms with van der Waals surface area (Å²) in [6, 6.07) is 5.33. The molecule has 6 nitrogen and oxygen atoms in total. The first-order chi connectivity index (χ1) is 11.1. The summed E-state index contributed by atoms with van der Waals surface area (Å²) in [6.07, 6.45) is 1.58. The Morgan fingerprint density at radius 3 is 2.52 bits per heavy atom. The van der Waals surface area contributed by atoms with Gasteiger partial charge in [0, 0.05) is 30.0 Å². The van der Waals surface area contributed by atoms with E-state index in [0.29, 0.717) is 42.0 Å². The number of aromatic amines is 1. The van der Waals surface area contributed by atoms with Crippen molar-refractivity contribution < 1.29 is 14.3 Å². The van der Waals surface area contributed by atoms with Crippen LogP contribution in [-0.4, -0.2) is 31.7 Å². The van der Waals surface area contributed by atoms with Gasteiger partial charge in [-0.25, -0.2) is 0 Å². The molecule has 23 heavy (non-hydrogen) atoms. The minimum Gasteiger partial charge on any atom is -0.493 e. The molecule has 1 heterocycles. The molecule has 0 atom stereocenters. The van der Waals surface area contributed by atoms with Crippen LogP contribution in [0.1, 0.15) is 25.3 Å². The molecule has 0 saturated heterocycles. The Morgan fingerprint density at radius 2 is 1.87 bits per heavy atom. The van der Waals surface area contributed by atoms with Crippen LogP contribution in [0.2, 0.25) is 0 Å². The molecule has 124 valence electrons. The number of carbonyl (C=O) groups excluding carboxylic acids is 1. The van der Waals surface area contributed by atoms with Gasteiger partial charge in [-0.2, -0.15) is 0 Å². The molecule has 0 saturated carbocycles. The second-order valence-electron chi connectivity index (χ2n) is 5.27. The predicted octanol–water partition coefficient (Wildman–Crippen LogP) is 2.00. The number of aryl methyl sites for hydroxylation is 1. The van der Waals surface area contributed by atoms with E-state index in [1.54, 1.807) is 26.4 Å². The van der Waals surface area contributed by atoms with Crippen molar-refractivity contribution in [1.82, 2.24) is 10.3 Å². The van der Waals surface area contributed by atoms with Crippen molar-refractivity contribution in [3.05, 3.63) is 34.1 Å². The topological polar surface area (TPSA) is 80.4 Å². The molecule has 1 aromatic carbocycles. The standard InChI is InChI=1S/C17H22N2O4/c1-4-7-18-16(20)6-5-11-8-12-9-14(22-2)15(23-3)10-13(12)19-17(11)21/h8-10H,4-7H2,1-3H3,(H,18,20)(H,19,21). The molecule has 0 bridgehead atoms. The van der Waals surface area contributed by atoms with Crippen LogP contribution in [0, 0.1) is 0 Å². The smallest absolute Gasteiger partial charge is 0.251 e. The molecule has 2 rings (SSSR count). The molecule has 1 aromatic heterocycles. The lowest BCUT2D eigenvalue weighted by Gasteiger charge is -2.10. The number of hydrogen-bond donors (Lipinski definition) is 2. The quantitative estimate of drug-likeness (QED) is 0.818. The van der Waals surface area contributed by atoms with E-state index < -0.39 is 0 Å². The van der Waals surface area contributed by atoms with Crippen LogP contribution in [0.5, 0.6) is 11.5 Å². The molecular weight excluding hydrogens is 296 g/mol. The van der Waals surface area contributed by atoms with Crippen molar-refractivity contribution in [3.63, 3.8) is 0 Å². The Balaban J connectivity index is 2.26. The Bertz CT molecular complexity index is 752. The lowest BCUT2D eigenvalue weighted by molar-refractivity contribution is -0.121. The lowest BCUT2D eigenvalue weighted by atomic mass is 10.1. The van der Waals surface area contributed by atoms with Crippen LogP contribution < -0.4 is 20.3 Å². The highest BCUT2D eigenvalue weighted by Gasteiger charge is 2.10. The van der Waals surface area contributed by atoms with Crippen molar-refractivity contribution >= 4 is 16.8 Å². The Kier molecular flexibility index (Phi) is 5.62. The van der Waals surface area contributed by atoms with Crippen LogP contribution in [0.25, 0.3) is 10.9 Å². The van der Waals surface area contributed by atoms with Crippen molar-refractivity contribution in [2.45, 2.75) is 26.2 Å². The summed E-state index contributed by atoms with van der Waals surface area (Å²) in [4.78, 5) is 26.7. The van der Waals surface area contributed by atoms with Gasteiger partial charge in [0.05, 0.1) is 19.7 Å². The number of hydrogen-bond acceptors (Lipinski definition) is 4. The molecule has 0 aliphatic rings. The minimum atomic E-state index is -0.187. The molecule has 0 radical (unpaired) electrons. The normalized spacial score (nSPS) is 10.6. The molecule has 0 aliphatic carbocycles. The Morgan fingerprint density at radius 1 is 1.17 bits per heavy atom. The molecule has 0 spiro atoms. The molecule has 2 N–H and O–H groups in total. The van der Waals surface area contributed by atoms with E-state index in [-0.39, 0.29) is 11.5 Å². The Hall–Kier alpha value is -2.50. The Labute approximate surface area is 134 Å². The third kappa shape index (κ3) is 4.03. The summed E-state index contributed by atoms with van der Waals surface area (Å²) in [5, 5.41) is 3.64. The fraction of sp³-hybridized carbons (Fsp3) is 0.412. The van der Waals surface area contributed by atoms with Crippen LogP contribution in [-0.2, 0) is 11.2 Å². The number of benzene rings is 1. The maximum absolute atomic E-state index is 12.2. The van der Waals surface area contributed by atoms with Crippen molar-refractivity contribution in [2.75, 3.05) is 20.8 Å². The van der Waals surface area contributed by atoms with Crippen molar-refractivity contribution in [2.24, 2.45) is 0 Å². The molecule has 6 heteroatoms. The fourth-order valence-corrected chi connectivity index (χ4v) is 2.36. The van der Waals surface area contributed by atoms with Gasteiger partial charge in [0.1, 0.15) is 0 Å². The van der Waals surface area contributed by atoms with E-state index >= 15 is 0 Å². The van der Waals surface area contributed by atoms with Gasteiger partial charge in [-0.05, 0) is 25.0 Å². The second kappa shape index (κ2) is 7.67. The number of nitrogens with one attached hydrogen (secondary N) is 2. The first-order valence-corrected chi connectivity index (χ1v) is 7.63. The zero-order chi connectivity index (χ0) is 16.8. The van der Waals surface area contributed by atoms with Crippen LogP contribution in [0.15, 0.2) is 23.0 Å². The van der Waals surface area contributed by atoms with Gasteiger partial charge in [0.15, 0.2) is 11.5 Å². The molecule has 0 aliphatic heterocycles. The van der Waals surface area contributed by atoms with Gasteiger partial charge in [-0.15, -0.1) is 0 Å². The first kappa shape index (κ1) is 16.9. The number of rotatable bonds is 7. The zero-order valence-corrected chi connectivity index (χ0v) is 13.7. The number of H-pyrrole nitrogens is 1. The number of ether oxygens (including phenoxy) is 2. The highest BCUT2D eigenvalue weighted by Crippen LogP contribution is 2.31. The van der Waals surface area contributed by atoms with E-state index in [1.165, 1.54) is 0 Å². The highest BCUT2D eigenvalue weighted by atomic mass is 16.5. The zero-order valence-electron chi connectivity index (χ0n) is 13.7. The number of pyridine rings is 1. The van der Waals surface area contributed by atoms with Crippen LogP contribution >= 0.6 is 0 Å². The number of methoxy groups -OCH3 is 2. The summed E-state index contributed by atoms with van der Waals surface area (Å²) in [5.41, 5.74) is 1.07. The van der Waals surface area contributed by atoms with Gasteiger partial charge in [-0.3, -0.25) is 9.59 Å². The summed E-state index contributed by atoms with van der Waals surface area (Å²) in [6.45, 7) is 2.65. The van der Waals surface area contributed by atoms with Crippen molar-refractivity contribution in [1.29, 1.82) is 0 Å². The third-order valence-corrected chi connectivity index (χ3v) is 3.62. The van der Waals surface area contributed by atoms with Gasteiger partial charge in [-0.1, -0.05) is 6.92 Å². The highest BCUT2D eigenvalue weighted by molar-refractivity contribution is 5.83. The largest absolute Gasteiger partial charge is 0.493 e. The van der Waals surface area contributed by atoms with E-state index in [9.17, 15) is 9.59 Å². The number of carbonyl (C=O) groups is 1. The molecule has 1 amide bonds. The summed E-state index contributed by atoms with van der Waals surface area (Å²) in [7, 11) is 3.11. The monoisotopic (exact) mass is 318 g/mol. The molecular formula is C17H22N2O4. The van der Waals surface area contributed by atoms with E-state index in [2.05, 4.69) is 10.3 Å². The first-order valence-electron chi connectivity index (χ1n) is 7.63. The van der Waals surface area contributed by atoms with E-state index in [0.717, 1.165) is 11.8 Å². The van der Waals surface area contributed by atoms with Gasteiger partial charge in [0.25, 0.3) is 5.56 Å². The van der Waals surface area contributed by atoms with Gasteiger partial charge < -0.3 is 19.8 Å². The second-order valence-corrected chi connectivity index (χ2v) is 5.27. The van der Waals surface area contributed by atoms with Crippen LogP contribution in [0.3, 0.4) is 0 Å². The van der Waals surface area contributed by atoms with Gasteiger partial charge >= 0.3 is 0 Å². The number of fused-ring (bicyclic) bond motifs is 1. The van der Waals surface area contributed by atoms with E-state index in [4.69, 9.17) is 9.47 Å². The molecule has 0 fully saturated rings. The van der Waals surface area contributed by atoms with Crippen LogP contribution in [0.4, 0.5) is 0 Å². The maximum atomic E-state index is 12.2. The lowest BCUT2D eigenvalue weighted by Crippen LogP contribution is -2.25. The van der Waals surface area contributed by atoms with Gasteiger partial charge in [0.2, 0.25) is 5.91 Å². The molecule has 2 aromatic rings. The minimum absolute atomic E-state index is 0.0429. The summed E-state index contributed by atoms with van der Waals surface area (Å²) in [5.74, 6) is 1.11. The third-order valence-electron chi connectivity index (χ3n) is 3.62. The average Bonchev–Trinajstić information content (AvgIpc) is 2.56. The van der Waals surface area contributed by atoms with Crippen molar-refractivity contribution in [3.8, 4) is 11.5 Å².